The number of anilines is 2. The summed E-state index contributed by atoms with van der Waals surface area (Å²) < 4.78 is 0. The summed E-state index contributed by atoms with van der Waals surface area (Å²) in [5.74, 6) is 0.974. The van der Waals surface area contributed by atoms with Crippen LogP contribution >= 0.6 is 0 Å². The van der Waals surface area contributed by atoms with Crippen LogP contribution < -0.4 is 11.1 Å². The van der Waals surface area contributed by atoms with E-state index in [0.717, 1.165) is 17.2 Å². The molecule has 2 heteroatoms. The molecule has 2 rings (SSSR count). The number of aryl methyl sites for hydroxylation is 1. The molecule has 0 heterocycles. The quantitative estimate of drug-likeness (QED) is 0.739. The molecule has 15 heavy (non-hydrogen) atoms. The van der Waals surface area contributed by atoms with Crippen molar-refractivity contribution in [2.75, 3.05) is 11.1 Å². The third kappa shape index (κ3) is 2.88. The number of nitrogen functional groups attached to an aromatic ring is 1. The van der Waals surface area contributed by atoms with Gasteiger partial charge in [-0.3, -0.25) is 0 Å². The largest absolute Gasteiger partial charge is 0.399 e. The predicted octanol–water partition coefficient (Wildman–Crippen LogP) is 3.18. The number of hydrogen-bond acceptors (Lipinski definition) is 2. The van der Waals surface area contributed by atoms with E-state index in [1.165, 1.54) is 24.9 Å². The topological polar surface area (TPSA) is 38.0 Å². The summed E-state index contributed by atoms with van der Waals surface area (Å²) in [7, 11) is 0. The Morgan fingerprint density at radius 3 is 2.80 bits per heavy atom. The van der Waals surface area contributed by atoms with Crippen molar-refractivity contribution in [2.24, 2.45) is 5.92 Å². The monoisotopic (exact) mass is 204 g/mol. The van der Waals surface area contributed by atoms with Gasteiger partial charge in [0.25, 0.3) is 0 Å². The van der Waals surface area contributed by atoms with Gasteiger partial charge in [0.05, 0.1) is 0 Å². The zero-order chi connectivity index (χ0) is 10.8. The van der Waals surface area contributed by atoms with Crippen LogP contribution in [0.25, 0.3) is 0 Å². The zero-order valence-electron chi connectivity index (χ0n) is 9.59. The number of benzene rings is 1. The summed E-state index contributed by atoms with van der Waals surface area (Å²) in [6, 6.07) is 6.73. The molecule has 0 aromatic heterocycles. The number of rotatable bonds is 4. The molecule has 1 saturated carbocycles. The Hall–Kier alpha value is -1.18. The average Bonchev–Trinajstić information content (AvgIpc) is 2.95. The highest BCUT2D eigenvalue weighted by Crippen LogP contribution is 2.34. The van der Waals surface area contributed by atoms with E-state index in [2.05, 4.69) is 24.4 Å². The Bertz CT molecular complexity index is 342. The first kappa shape index (κ1) is 10.3. The Morgan fingerprint density at radius 1 is 1.47 bits per heavy atom. The fourth-order valence-corrected chi connectivity index (χ4v) is 1.96. The minimum absolute atomic E-state index is 0.570. The van der Waals surface area contributed by atoms with E-state index in [9.17, 15) is 0 Å². The summed E-state index contributed by atoms with van der Waals surface area (Å²) in [6.45, 7) is 4.30. The molecule has 1 aliphatic carbocycles. The van der Waals surface area contributed by atoms with Crippen LogP contribution in [0.5, 0.6) is 0 Å². The van der Waals surface area contributed by atoms with E-state index in [0.29, 0.717) is 6.04 Å². The Labute approximate surface area is 91.9 Å². The molecule has 1 aliphatic rings. The van der Waals surface area contributed by atoms with Crippen LogP contribution in [0.2, 0.25) is 0 Å². The molecule has 1 aromatic rings. The highest BCUT2D eigenvalue weighted by Gasteiger charge is 2.23. The van der Waals surface area contributed by atoms with Crippen LogP contribution in [0.1, 0.15) is 31.7 Å². The molecular formula is C13H20N2. The lowest BCUT2D eigenvalue weighted by atomic mass is 10.1. The molecular weight excluding hydrogens is 184 g/mol. The first-order valence-corrected chi connectivity index (χ1v) is 5.78. The summed E-state index contributed by atoms with van der Waals surface area (Å²) >= 11 is 0. The van der Waals surface area contributed by atoms with E-state index in [1.54, 1.807) is 0 Å². The van der Waals surface area contributed by atoms with Gasteiger partial charge in [0.1, 0.15) is 0 Å². The lowest BCUT2D eigenvalue weighted by molar-refractivity contribution is 0.642. The molecule has 1 atom stereocenters. The molecule has 2 nitrogen and oxygen atoms in total. The molecule has 0 saturated heterocycles. The van der Waals surface area contributed by atoms with E-state index < -0.39 is 0 Å². The normalized spacial score (nSPS) is 17.5. The van der Waals surface area contributed by atoms with Gasteiger partial charge < -0.3 is 11.1 Å². The summed E-state index contributed by atoms with van der Waals surface area (Å²) in [5, 5.41) is 3.53. The summed E-state index contributed by atoms with van der Waals surface area (Å²) in [6.07, 6.45) is 4.14. The van der Waals surface area contributed by atoms with Gasteiger partial charge in [-0.2, -0.15) is 0 Å². The van der Waals surface area contributed by atoms with Gasteiger partial charge in [-0.25, -0.2) is 0 Å². The van der Waals surface area contributed by atoms with Gasteiger partial charge >= 0.3 is 0 Å². The Kier molecular flexibility index (Phi) is 2.85. The summed E-state index contributed by atoms with van der Waals surface area (Å²) in [5.41, 5.74) is 8.99. The molecule has 1 aromatic carbocycles. The van der Waals surface area contributed by atoms with Crippen molar-refractivity contribution in [2.45, 2.75) is 39.2 Å². The van der Waals surface area contributed by atoms with Crippen LogP contribution in [0, 0.1) is 12.8 Å². The van der Waals surface area contributed by atoms with Crippen LogP contribution in [-0.2, 0) is 0 Å². The van der Waals surface area contributed by atoms with Crippen molar-refractivity contribution in [3.8, 4) is 0 Å². The van der Waals surface area contributed by atoms with Gasteiger partial charge in [-0.15, -0.1) is 0 Å². The molecule has 0 spiro atoms. The number of hydrogen-bond donors (Lipinski definition) is 2. The highest BCUT2D eigenvalue weighted by atomic mass is 14.9. The van der Waals surface area contributed by atoms with Crippen LogP contribution in [0.15, 0.2) is 18.2 Å². The molecule has 1 fully saturated rings. The van der Waals surface area contributed by atoms with Crippen molar-refractivity contribution in [1.29, 1.82) is 0 Å². The first-order chi connectivity index (χ1) is 7.15. The molecule has 0 aliphatic heterocycles. The van der Waals surface area contributed by atoms with Gasteiger partial charge in [0, 0.05) is 17.4 Å². The van der Waals surface area contributed by atoms with Crippen molar-refractivity contribution in [3.05, 3.63) is 23.8 Å². The predicted molar refractivity (Wildman–Crippen MR) is 66.0 cm³/mol. The van der Waals surface area contributed by atoms with Crippen molar-refractivity contribution in [3.63, 3.8) is 0 Å². The highest BCUT2D eigenvalue weighted by molar-refractivity contribution is 5.56. The summed E-state index contributed by atoms with van der Waals surface area (Å²) in [4.78, 5) is 0. The Morgan fingerprint density at radius 2 is 2.20 bits per heavy atom. The van der Waals surface area contributed by atoms with Gasteiger partial charge in [-0.05, 0) is 49.9 Å². The smallest absolute Gasteiger partial charge is 0.0346 e. The van der Waals surface area contributed by atoms with E-state index >= 15 is 0 Å². The second kappa shape index (κ2) is 4.13. The van der Waals surface area contributed by atoms with Gasteiger partial charge in [0.2, 0.25) is 0 Å². The lowest BCUT2D eigenvalue weighted by Crippen LogP contribution is -2.15. The average molecular weight is 204 g/mol. The van der Waals surface area contributed by atoms with Crippen molar-refractivity contribution in [1.82, 2.24) is 0 Å². The minimum atomic E-state index is 0.570. The zero-order valence-corrected chi connectivity index (χ0v) is 9.59. The molecule has 0 radical (unpaired) electrons. The molecule has 0 bridgehead atoms. The second-order valence-electron chi connectivity index (χ2n) is 4.80. The van der Waals surface area contributed by atoms with Gasteiger partial charge in [0.15, 0.2) is 0 Å². The van der Waals surface area contributed by atoms with Crippen LogP contribution in [-0.4, -0.2) is 6.04 Å². The minimum Gasteiger partial charge on any atom is -0.399 e. The third-order valence-corrected chi connectivity index (χ3v) is 3.07. The van der Waals surface area contributed by atoms with Crippen LogP contribution in [0.4, 0.5) is 11.4 Å². The number of nitrogens with one attached hydrogen (secondary N) is 1. The molecule has 1 unspecified atom stereocenters. The SMILES string of the molecule is Cc1cc(NC(C)CC2CC2)ccc1N. The van der Waals surface area contributed by atoms with Gasteiger partial charge in [-0.1, -0.05) is 12.8 Å². The number of nitrogens with two attached hydrogens (primary N) is 1. The Balaban J connectivity index is 1.93. The maximum atomic E-state index is 5.78. The van der Waals surface area contributed by atoms with E-state index in [4.69, 9.17) is 5.73 Å². The molecule has 82 valence electrons. The molecule has 0 amide bonds. The maximum Gasteiger partial charge on any atom is 0.0346 e. The first-order valence-electron chi connectivity index (χ1n) is 5.78. The fraction of sp³-hybridized carbons (Fsp3) is 0.538. The lowest BCUT2D eigenvalue weighted by Gasteiger charge is -2.15. The van der Waals surface area contributed by atoms with Crippen molar-refractivity contribution < 1.29 is 0 Å². The molecule has 3 N–H and O–H groups in total. The van der Waals surface area contributed by atoms with Crippen molar-refractivity contribution >= 4 is 11.4 Å². The van der Waals surface area contributed by atoms with E-state index in [-0.39, 0.29) is 0 Å². The second-order valence-corrected chi connectivity index (χ2v) is 4.80. The van der Waals surface area contributed by atoms with E-state index in [1.807, 2.05) is 13.0 Å². The third-order valence-electron chi connectivity index (χ3n) is 3.07. The van der Waals surface area contributed by atoms with Crippen LogP contribution in [0.3, 0.4) is 0 Å². The fourth-order valence-electron chi connectivity index (χ4n) is 1.96. The maximum absolute atomic E-state index is 5.78. The standard InChI is InChI=1S/C13H20N2/c1-9-7-12(5-6-13(9)14)15-10(2)8-11-3-4-11/h5-7,10-11,15H,3-4,8,14H2,1-2H3.